The standard InChI is InChI=1S/C16H24O/c1-12(2)15(17)14(16(3,4)5)11-13-9-7-6-8-10-13/h6-10,12,14H,11H2,1-5H3. The largest absolute Gasteiger partial charge is 0.299 e. The van der Waals surface area contributed by atoms with Crippen molar-refractivity contribution in [2.45, 2.75) is 41.0 Å². The summed E-state index contributed by atoms with van der Waals surface area (Å²) in [6, 6.07) is 10.3. The summed E-state index contributed by atoms with van der Waals surface area (Å²) in [4.78, 5) is 12.3. The minimum Gasteiger partial charge on any atom is -0.299 e. The molecule has 1 aromatic rings. The number of rotatable bonds is 4. The Morgan fingerprint density at radius 2 is 1.65 bits per heavy atom. The molecular weight excluding hydrogens is 208 g/mol. The van der Waals surface area contributed by atoms with Gasteiger partial charge in [0.2, 0.25) is 0 Å². The smallest absolute Gasteiger partial charge is 0.139 e. The van der Waals surface area contributed by atoms with Gasteiger partial charge < -0.3 is 0 Å². The molecule has 94 valence electrons. The summed E-state index contributed by atoms with van der Waals surface area (Å²) in [6.07, 6.45) is 0.849. The molecular formula is C16H24O. The van der Waals surface area contributed by atoms with Gasteiger partial charge in [0, 0.05) is 11.8 Å². The molecule has 0 saturated carbocycles. The van der Waals surface area contributed by atoms with E-state index < -0.39 is 0 Å². The molecule has 0 bridgehead atoms. The Kier molecular flexibility index (Phi) is 4.50. The van der Waals surface area contributed by atoms with Crippen LogP contribution in [0.4, 0.5) is 0 Å². The second-order valence-corrected chi connectivity index (χ2v) is 6.17. The average Bonchev–Trinajstić information content (AvgIpc) is 2.24. The molecule has 0 spiro atoms. The highest BCUT2D eigenvalue weighted by molar-refractivity contribution is 5.83. The highest BCUT2D eigenvalue weighted by Gasteiger charge is 2.32. The van der Waals surface area contributed by atoms with E-state index in [0.29, 0.717) is 5.78 Å². The number of Topliss-reactive ketones (excluding diaryl/α,β-unsaturated/α-hetero) is 1. The van der Waals surface area contributed by atoms with Crippen LogP contribution in [0, 0.1) is 17.3 Å². The van der Waals surface area contributed by atoms with Crippen LogP contribution in [0.25, 0.3) is 0 Å². The van der Waals surface area contributed by atoms with Crippen molar-refractivity contribution < 1.29 is 4.79 Å². The van der Waals surface area contributed by atoms with Gasteiger partial charge in [-0.3, -0.25) is 4.79 Å². The summed E-state index contributed by atoms with van der Waals surface area (Å²) < 4.78 is 0. The Bertz CT molecular complexity index is 357. The Hall–Kier alpha value is -1.11. The number of hydrogen-bond donors (Lipinski definition) is 0. The van der Waals surface area contributed by atoms with E-state index in [-0.39, 0.29) is 17.3 Å². The van der Waals surface area contributed by atoms with E-state index in [1.54, 1.807) is 0 Å². The van der Waals surface area contributed by atoms with Crippen molar-refractivity contribution in [3.8, 4) is 0 Å². The molecule has 1 aromatic carbocycles. The summed E-state index contributed by atoms with van der Waals surface area (Å²) >= 11 is 0. The molecule has 0 aliphatic carbocycles. The van der Waals surface area contributed by atoms with Crippen molar-refractivity contribution in [1.29, 1.82) is 0 Å². The van der Waals surface area contributed by atoms with Crippen LogP contribution in [0.3, 0.4) is 0 Å². The first-order valence-electron chi connectivity index (χ1n) is 6.40. The van der Waals surface area contributed by atoms with E-state index in [4.69, 9.17) is 0 Å². The Balaban J connectivity index is 2.90. The third kappa shape index (κ3) is 3.99. The van der Waals surface area contributed by atoms with E-state index in [2.05, 4.69) is 32.9 Å². The predicted octanol–water partition coefficient (Wildman–Crippen LogP) is 4.12. The van der Waals surface area contributed by atoms with Gasteiger partial charge in [0.05, 0.1) is 0 Å². The van der Waals surface area contributed by atoms with Crippen LogP contribution in [-0.2, 0) is 11.2 Å². The quantitative estimate of drug-likeness (QED) is 0.763. The third-order valence-corrected chi connectivity index (χ3v) is 3.24. The Morgan fingerprint density at radius 1 is 1.12 bits per heavy atom. The third-order valence-electron chi connectivity index (χ3n) is 3.24. The van der Waals surface area contributed by atoms with E-state index in [9.17, 15) is 4.79 Å². The summed E-state index contributed by atoms with van der Waals surface area (Å²) in [5.41, 5.74) is 1.28. The molecule has 17 heavy (non-hydrogen) atoms. The first-order chi connectivity index (χ1) is 7.82. The first kappa shape index (κ1) is 14.0. The van der Waals surface area contributed by atoms with Gasteiger partial charge in [0.15, 0.2) is 0 Å². The maximum atomic E-state index is 12.3. The molecule has 0 aliphatic heterocycles. The molecule has 1 heteroatoms. The lowest BCUT2D eigenvalue weighted by Gasteiger charge is -2.31. The zero-order chi connectivity index (χ0) is 13.1. The number of carbonyl (C=O) groups excluding carboxylic acids is 1. The molecule has 1 rings (SSSR count). The van der Waals surface area contributed by atoms with Crippen molar-refractivity contribution in [1.82, 2.24) is 0 Å². The zero-order valence-corrected chi connectivity index (χ0v) is 11.7. The number of carbonyl (C=O) groups is 1. The van der Waals surface area contributed by atoms with Crippen molar-refractivity contribution in [2.24, 2.45) is 17.3 Å². The van der Waals surface area contributed by atoms with Crippen LogP contribution >= 0.6 is 0 Å². The van der Waals surface area contributed by atoms with E-state index in [1.165, 1.54) is 5.56 Å². The molecule has 0 saturated heterocycles. The maximum Gasteiger partial charge on any atom is 0.139 e. The highest BCUT2D eigenvalue weighted by Crippen LogP contribution is 2.31. The SMILES string of the molecule is CC(C)C(=O)C(Cc1ccccc1)C(C)(C)C. The monoisotopic (exact) mass is 232 g/mol. The molecule has 0 fully saturated rings. The van der Waals surface area contributed by atoms with Crippen molar-refractivity contribution in [3.63, 3.8) is 0 Å². The van der Waals surface area contributed by atoms with Gasteiger partial charge in [0.25, 0.3) is 0 Å². The van der Waals surface area contributed by atoms with E-state index >= 15 is 0 Å². The summed E-state index contributed by atoms with van der Waals surface area (Å²) in [5, 5.41) is 0. The van der Waals surface area contributed by atoms with Gasteiger partial charge >= 0.3 is 0 Å². The zero-order valence-electron chi connectivity index (χ0n) is 11.7. The molecule has 0 radical (unpaired) electrons. The van der Waals surface area contributed by atoms with Gasteiger partial charge in [0.1, 0.15) is 5.78 Å². The van der Waals surface area contributed by atoms with Gasteiger partial charge in [-0.05, 0) is 17.4 Å². The fourth-order valence-corrected chi connectivity index (χ4v) is 2.09. The van der Waals surface area contributed by atoms with Crippen LogP contribution in [0.1, 0.15) is 40.2 Å². The fraction of sp³-hybridized carbons (Fsp3) is 0.562. The van der Waals surface area contributed by atoms with Crippen molar-refractivity contribution in [2.75, 3.05) is 0 Å². The lowest BCUT2D eigenvalue weighted by molar-refractivity contribution is -0.129. The predicted molar refractivity (Wildman–Crippen MR) is 72.9 cm³/mol. The Labute approximate surface area is 105 Å². The lowest BCUT2D eigenvalue weighted by atomic mass is 9.72. The molecule has 1 unspecified atom stereocenters. The summed E-state index contributed by atoms with van der Waals surface area (Å²) in [7, 11) is 0. The van der Waals surface area contributed by atoms with Gasteiger partial charge in [-0.2, -0.15) is 0 Å². The van der Waals surface area contributed by atoms with Gasteiger partial charge in [-0.25, -0.2) is 0 Å². The topological polar surface area (TPSA) is 17.1 Å². The minimum atomic E-state index is 0.0250. The average molecular weight is 232 g/mol. The fourth-order valence-electron chi connectivity index (χ4n) is 2.09. The number of hydrogen-bond acceptors (Lipinski definition) is 1. The second-order valence-electron chi connectivity index (χ2n) is 6.17. The Morgan fingerprint density at radius 3 is 2.06 bits per heavy atom. The molecule has 0 aromatic heterocycles. The van der Waals surface area contributed by atoms with Crippen LogP contribution < -0.4 is 0 Å². The lowest BCUT2D eigenvalue weighted by Crippen LogP contribution is -2.33. The van der Waals surface area contributed by atoms with Crippen LogP contribution in [-0.4, -0.2) is 5.78 Å². The van der Waals surface area contributed by atoms with Gasteiger partial charge in [-0.1, -0.05) is 65.0 Å². The van der Waals surface area contributed by atoms with Gasteiger partial charge in [-0.15, -0.1) is 0 Å². The molecule has 1 nitrogen and oxygen atoms in total. The summed E-state index contributed by atoms with van der Waals surface area (Å²) in [6.45, 7) is 10.4. The van der Waals surface area contributed by atoms with Crippen molar-refractivity contribution in [3.05, 3.63) is 35.9 Å². The summed E-state index contributed by atoms with van der Waals surface area (Å²) in [5.74, 6) is 0.592. The van der Waals surface area contributed by atoms with Crippen LogP contribution in [0.15, 0.2) is 30.3 Å². The van der Waals surface area contributed by atoms with Crippen molar-refractivity contribution >= 4 is 5.78 Å². The first-order valence-corrected chi connectivity index (χ1v) is 6.40. The number of ketones is 1. The minimum absolute atomic E-state index is 0.0250. The molecule has 0 amide bonds. The molecule has 0 N–H and O–H groups in total. The molecule has 0 heterocycles. The highest BCUT2D eigenvalue weighted by atomic mass is 16.1. The van der Waals surface area contributed by atoms with E-state index in [1.807, 2.05) is 32.0 Å². The second kappa shape index (κ2) is 5.48. The number of benzene rings is 1. The molecule has 0 aliphatic rings. The van der Waals surface area contributed by atoms with Crippen LogP contribution in [0.5, 0.6) is 0 Å². The molecule has 1 atom stereocenters. The van der Waals surface area contributed by atoms with E-state index in [0.717, 1.165) is 6.42 Å². The maximum absolute atomic E-state index is 12.3. The van der Waals surface area contributed by atoms with Crippen LogP contribution in [0.2, 0.25) is 0 Å². The normalized spacial score (nSPS) is 13.8.